The van der Waals surface area contributed by atoms with Crippen molar-refractivity contribution in [2.75, 3.05) is 5.32 Å². The summed E-state index contributed by atoms with van der Waals surface area (Å²) >= 11 is 0. The Morgan fingerprint density at radius 3 is 2.70 bits per heavy atom. The lowest BCUT2D eigenvalue weighted by molar-refractivity contribution is 0.432. The maximum Gasteiger partial charge on any atom is 0.166 e. The van der Waals surface area contributed by atoms with E-state index >= 15 is 0 Å². The van der Waals surface area contributed by atoms with Crippen molar-refractivity contribution in [1.29, 1.82) is 0 Å². The van der Waals surface area contributed by atoms with E-state index in [9.17, 15) is 4.39 Å². The zero-order chi connectivity index (χ0) is 14.1. The fourth-order valence-electron chi connectivity index (χ4n) is 2.13. The predicted octanol–water partition coefficient (Wildman–Crippen LogP) is 4.45. The number of fused-ring (bicyclic) bond motifs is 1. The molecule has 1 atom stereocenters. The van der Waals surface area contributed by atoms with Crippen LogP contribution in [0, 0.1) is 5.82 Å². The fourth-order valence-corrected chi connectivity index (χ4v) is 2.13. The molecule has 2 N–H and O–H groups in total. The molecule has 0 aliphatic carbocycles. The van der Waals surface area contributed by atoms with Crippen LogP contribution in [0.3, 0.4) is 0 Å². The smallest absolute Gasteiger partial charge is 0.166 e. The second-order valence-electron chi connectivity index (χ2n) is 4.72. The maximum atomic E-state index is 13.3. The Hall–Kier alpha value is -2.49. The predicted molar refractivity (Wildman–Crippen MR) is 76.3 cm³/mol. The van der Waals surface area contributed by atoms with Crippen LogP contribution in [0.15, 0.2) is 52.9 Å². The molecule has 0 bridgehead atoms. The van der Waals surface area contributed by atoms with Gasteiger partial charge in [-0.25, -0.2) is 4.39 Å². The van der Waals surface area contributed by atoms with Gasteiger partial charge in [-0.1, -0.05) is 18.2 Å². The summed E-state index contributed by atoms with van der Waals surface area (Å²) in [4.78, 5) is 0. The molecule has 20 heavy (non-hydrogen) atoms. The topological polar surface area (TPSA) is 45.4 Å². The molecule has 3 aromatic rings. The Morgan fingerprint density at radius 2 is 1.95 bits per heavy atom. The second-order valence-corrected chi connectivity index (χ2v) is 4.72. The van der Waals surface area contributed by atoms with Gasteiger partial charge in [-0.2, -0.15) is 0 Å². The first-order valence-electron chi connectivity index (χ1n) is 6.37. The molecular formula is C16H14FNO2. The number of benzene rings is 2. The molecule has 1 unspecified atom stereocenters. The number of hydrogen-bond acceptors (Lipinski definition) is 3. The molecular weight excluding hydrogens is 257 g/mol. The zero-order valence-corrected chi connectivity index (χ0v) is 10.9. The van der Waals surface area contributed by atoms with Crippen molar-refractivity contribution in [2.45, 2.75) is 13.0 Å². The van der Waals surface area contributed by atoms with E-state index in [4.69, 9.17) is 9.52 Å². The molecule has 0 fully saturated rings. The third-order valence-corrected chi connectivity index (χ3v) is 3.20. The van der Waals surface area contributed by atoms with Gasteiger partial charge < -0.3 is 14.8 Å². The highest BCUT2D eigenvalue weighted by atomic mass is 19.1. The number of para-hydroxylation sites is 1. The van der Waals surface area contributed by atoms with Crippen LogP contribution in [-0.2, 0) is 0 Å². The number of phenolic OH excluding ortho intramolecular Hbond substituents is 1. The Kier molecular flexibility index (Phi) is 3.06. The summed E-state index contributed by atoms with van der Waals surface area (Å²) in [7, 11) is 0. The van der Waals surface area contributed by atoms with Crippen LogP contribution in [0.5, 0.6) is 5.75 Å². The van der Waals surface area contributed by atoms with Crippen LogP contribution in [-0.4, -0.2) is 5.11 Å². The number of anilines is 1. The van der Waals surface area contributed by atoms with Crippen LogP contribution in [0.25, 0.3) is 11.0 Å². The highest BCUT2D eigenvalue weighted by Crippen LogP contribution is 2.27. The van der Waals surface area contributed by atoms with E-state index in [1.807, 2.05) is 37.3 Å². The van der Waals surface area contributed by atoms with Crippen molar-refractivity contribution in [1.82, 2.24) is 0 Å². The number of aromatic hydroxyl groups is 1. The minimum atomic E-state index is -0.646. The summed E-state index contributed by atoms with van der Waals surface area (Å²) in [6.07, 6.45) is 0. The maximum absolute atomic E-state index is 13.3. The summed E-state index contributed by atoms with van der Waals surface area (Å²) in [6.45, 7) is 1.93. The van der Waals surface area contributed by atoms with E-state index in [2.05, 4.69) is 5.32 Å². The van der Waals surface area contributed by atoms with E-state index in [-0.39, 0.29) is 11.8 Å². The van der Waals surface area contributed by atoms with Crippen LogP contribution >= 0.6 is 0 Å². The van der Waals surface area contributed by atoms with Gasteiger partial charge >= 0.3 is 0 Å². The Bertz CT molecular complexity index is 718. The Balaban J connectivity index is 1.84. The first-order chi connectivity index (χ1) is 9.63. The quantitative estimate of drug-likeness (QED) is 0.692. The largest absolute Gasteiger partial charge is 0.505 e. The molecule has 2 aromatic carbocycles. The number of furan rings is 1. The summed E-state index contributed by atoms with van der Waals surface area (Å²) in [5, 5.41) is 13.3. The van der Waals surface area contributed by atoms with Crippen molar-refractivity contribution >= 4 is 16.7 Å². The second kappa shape index (κ2) is 4.89. The molecule has 0 radical (unpaired) electrons. The summed E-state index contributed by atoms with van der Waals surface area (Å²) < 4.78 is 19.0. The zero-order valence-electron chi connectivity index (χ0n) is 10.9. The molecule has 0 saturated heterocycles. The highest BCUT2D eigenvalue weighted by Gasteiger charge is 2.12. The van der Waals surface area contributed by atoms with Crippen LogP contribution < -0.4 is 5.32 Å². The molecule has 102 valence electrons. The minimum Gasteiger partial charge on any atom is -0.505 e. The Labute approximate surface area is 115 Å². The minimum absolute atomic E-state index is 0.105. The number of nitrogens with one attached hydrogen (secondary N) is 1. The lowest BCUT2D eigenvalue weighted by Crippen LogP contribution is -2.05. The Morgan fingerprint density at radius 1 is 1.15 bits per heavy atom. The summed E-state index contributed by atoms with van der Waals surface area (Å²) in [5.41, 5.74) is 1.42. The molecule has 0 spiro atoms. The van der Waals surface area contributed by atoms with Gasteiger partial charge in [0.2, 0.25) is 0 Å². The lowest BCUT2D eigenvalue weighted by atomic mass is 10.2. The van der Waals surface area contributed by atoms with Gasteiger partial charge in [0, 0.05) is 17.1 Å². The van der Waals surface area contributed by atoms with Gasteiger partial charge in [0.05, 0.1) is 6.04 Å². The molecule has 3 rings (SSSR count). The van der Waals surface area contributed by atoms with Crippen molar-refractivity contribution in [3.05, 3.63) is 60.1 Å². The normalized spacial score (nSPS) is 12.5. The fraction of sp³-hybridized carbons (Fsp3) is 0.125. The molecule has 0 aliphatic rings. The molecule has 1 heterocycles. The SMILES string of the molecule is CC(Nc1ccc(O)c(F)c1)c1cc2ccccc2o1. The number of phenols is 1. The summed E-state index contributed by atoms with van der Waals surface area (Å²) in [5.74, 6) is -0.224. The first kappa shape index (κ1) is 12.5. The van der Waals surface area contributed by atoms with Crippen molar-refractivity contribution in [3.8, 4) is 5.75 Å². The van der Waals surface area contributed by atoms with Crippen LogP contribution in [0.2, 0.25) is 0 Å². The number of halogens is 1. The van der Waals surface area contributed by atoms with Crippen molar-refractivity contribution in [2.24, 2.45) is 0 Å². The van der Waals surface area contributed by atoms with E-state index in [0.29, 0.717) is 5.69 Å². The van der Waals surface area contributed by atoms with Gasteiger partial charge in [0.25, 0.3) is 0 Å². The van der Waals surface area contributed by atoms with E-state index in [0.717, 1.165) is 16.7 Å². The van der Waals surface area contributed by atoms with Gasteiger partial charge in [0.1, 0.15) is 11.3 Å². The van der Waals surface area contributed by atoms with E-state index < -0.39 is 5.82 Å². The van der Waals surface area contributed by atoms with Crippen LogP contribution in [0.4, 0.5) is 10.1 Å². The highest BCUT2D eigenvalue weighted by molar-refractivity contribution is 5.77. The van der Waals surface area contributed by atoms with E-state index in [1.165, 1.54) is 12.1 Å². The van der Waals surface area contributed by atoms with Crippen molar-refractivity contribution < 1.29 is 13.9 Å². The first-order valence-corrected chi connectivity index (χ1v) is 6.37. The lowest BCUT2D eigenvalue weighted by Gasteiger charge is -2.13. The average Bonchev–Trinajstić information content (AvgIpc) is 2.87. The standard InChI is InChI=1S/C16H14FNO2/c1-10(18-12-6-7-14(19)13(17)9-12)16-8-11-4-2-3-5-15(11)20-16/h2-10,18-19H,1H3. The van der Waals surface area contributed by atoms with Crippen LogP contribution in [0.1, 0.15) is 18.7 Å². The average molecular weight is 271 g/mol. The number of hydrogen-bond donors (Lipinski definition) is 2. The van der Waals surface area contributed by atoms with Gasteiger partial charge in [-0.05, 0) is 31.2 Å². The molecule has 0 aliphatic heterocycles. The third-order valence-electron chi connectivity index (χ3n) is 3.20. The van der Waals surface area contributed by atoms with E-state index in [1.54, 1.807) is 6.07 Å². The monoisotopic (exact) mass is 271 g/mol. The van der Waals surface area contributed by atoms with Gasteiger partial charge in [-0.3, -0.25) is 0 Å². The van der Waals surface area contributed by atoms with Gasteiger partial charge in [0.15, 0.2) is 11.6 Å². The van der Waals surface area contributed by atoms with Gasteiger partial charge in [-0.15, -0.1) is 0 Å². The molecule has 3 nitrogen and oxygen atoms in total. The molecule has 0 saturated carbocycles. The third kappa shape index (κ3) is 2.32. The van der Waals surface area contributed by atoms with Crippen molar-refractivity contribution in [3.63, 3.8) is 0 Å². The molecule has 0 amide bonds. The molecule has 1 aromatic heterocycles. The summed E-state index contributed by atoms with van der Waals surface area (Å²) in [6, 6.07) is 13.8. The number of rotatable bonds is 3. The molecule has 4 heteroatoms.